The molecule has 0 heterocycles. The van der Waals surface area contributed by atoms with Crippen molar-refractivity contribution in [1.82, 2.24) is 0 Å². The van der Waals surface area contributed by atoms with E-state index in [0.717, 1.165) is 24.2 Å². The summed E-state index contributed by atoms with van der Waals surface area (Å²) in [4.78, 5) is 12.5. The van der Waals surface area contributed by atoms with Crippen LogP contribution in [0.1, 0.15) is 61.0 Å². The molecule has 1 aliphatic carbocycles. The van der Waals surface area contributed by atoms with Gasteiger partial charge in [0, 0.05) is 12.0 Å². The first kappa shape index (κ1) is 20.6. The summed E-state index contributed by atoms with van der Waals surface area (Å²) < 4.78 is 30.0. The van der Waals surface area contributed by atoms with Crippen molar-refractivity contribution < 1.29 is 17.9 Å². The fraction of sp³-hybridized carbons (Fsp3) is 0.435. The second-order valence-electron chi connectivity index (χ2n) is 7.82. The molecule has 0 radical (unpaired) electrons. The van der Waals surface area contributed by atoms with Gasteiger partial charge in [-0.25, -0.2) is 8.42 Å². The Bertz CT molecular complexity index is 891. The Kier molecular flexibility index (Phi) is 6.55. The number of hydrogen-bond donors (Lipinski definition) is 0. The van der Waals surface area contributed by atoms with Crippen LogP contribution < -0.4 is 4.74 Å². The van der Waals surface area contributed by atoms with E-state index in [1.807, 2.05) is 24.3 Å². The highest BCUT2D eigenvalue weighted by Crippen LogP contribution is 2.24. The molecule has 5 heteroatoms. The summed E-state index contributed by atoms with van der Waals surface area (Å²) in [6.07, 6.45) is 5.35. The molecule has 2 aromatic carbocycles. The molecule has 0 aliphatic heterocycles. The van der Waals surface area contributed by atoms with Gasteiger partial charge in [-0.15, -0.1) is 0 Å². The van der Waals surface area contributed by atoms with Crippen molar-refractivity contribution >= 4 is 15.6 Å². The van der Waals surface area contributed by atoms with Crippen LogP contribution in [0.3, 0.4) is 0 Å². The second kappa shape index (κ2) is 8.91. The number of ketones is 1. The first-order chi connectivity index (χ1) is 13.3. The van der Waals surface area contributed by atoms with Gasteiger partial charge in [-0.1, -0.05) is 36.4 Å². The van der Waals surface area contributed by atoms with Gasteiger partial charge in [0.1, 0.15) is 5.75 Å². The van der Waals surface area contributed by atoms with Crippen molar-refractivity contribution in [3.63, 3.8) is 0 Å². The molecule has 3 rings (SSSR count). The maximum Gasteiger partial charge on any atom is 0.167 e. The smallest absolute Gasteiger partial charge is 0.167 e. The van der Waals surface area contributed by atoms with Crippen molar-refractivity contribution in [2.45, 2.75) is 63.1 Å². The third-order valence-electron chi connectivity index (χ3n) is 5.25. The summed E-state index contributed by atoms with van der Waals surface area (Å²) in [7, 11) is -3.14. The van der Waals surface area contributed by atoms with E-state index in [-0.39, 0.29) is 11.5 Å². The lowest BCUT2D eigenvalue weighted by Gasteiger charge is -2.13. The maximum absolute atomic E-state index is 12.5. The number of carbonyl (C=O) groups is 1. The number of rotatable bonds is 8. The molecule has 0 saturated heterocycles. The molecule has 1 fully saturated rings. The fourth-order valence-corrected chi connectivity index (χ4v) is 4.35. The Balaban J connectivity index is 1.58. The van der Waals surface area contributed by atoms with E-state index < -0.39 is 15.1 Å². The first-order valence-corrected chi connectivity index (χ1v) is 11.6. The van der Waals surface area contributed by atoms with Crippen LogP contribution in [0.2, 0.25) is 0 Å². The molecular weight excluding hydrogens is 372 g/mol. The Morgan fingerprint density at radius 2 is 1.54 bits per heavy atom. The predicted molar refractivity (Wildman–Crippen MR) is 112 cm³/mol. The Morgan fingerprint density at radius 1 is 0.964 bits per heavy atom. The van der Waals surface area contributed by atoms with E-state index in [4.69, 9.17) is 4.74 Å². The number of hydrogen-bond acceptors (Lipinski definition) is 4. The highest BCUT2D eigenvalue weighted by molar-refractivity contribution is 7.91. The molecule has 4 nitrogen and oxygen atoms in total. The van der Waals surface area contributed by atoms with Crippen LogP contribution in [0.15, 0.2) is 48.5 Å². The standard InChI is InChI=1S/C23H28O4S/c1-17(2)28(25,26)16-19-7-11-20(12-8-19)23(24)15-18-9-13-22(14-10-18)27-21-5-3-4-6-21/h7-14,17,21H,3-6,15-16H2,1-2H3. The van der Waals surface area contributed by atoms with Gasteiger partial charge in [0.2, 0.25) is 0 Å². The minimum absolute atomic E-state index is 0.00158. The van der Waals surface area contributed by atoms with Crippen molar-refractivity contribution in [3.8, 4) is 5.75 Å². The number of carbonyl (C=O) groups excluding carboxylic acids is 1. The van der Waals surface area contributed by atoms with Crippen molar-refractivity contribution in [3.05, 3.63) is 65.2 Å². The fourth-order valence-electron chi connectivity index (χ4n) is 3.36. The highest BCUT2D eigenvalue weighted by Gasteiger charge is 2.18. The third kappa shape index (κ3) is 5.44. The van der Waals surface area contributed by atoms with Crippen LogP contribution in [-0.2, 0) is 22.0 Å². The van der Waals surface area contributed by atoms with E-state index in [1.165, 1.54) is 12.8 Å². The number of sulfone groups is 1. The Hall–Kier alpha value is -2.14. The summed E-state index contributed by atoms with van der Waals surface area (Å²) in [6, 6.07) is 14.6. The zero-order valence-electron chi connectivity index (χ0n) is 16.6. The first-order valence-electron chi connectivity index (χ1n) is 9.93. The Labute approximate surface area is 167 Å². The monoisotopic (exact) mass is 400 g/mol. The molecule has 2 aromatic rings. The lowest BCUT2D eigenvalue weighted by atomic mass is 10.0. The minimum atomic E-state index is -3.14. The molecule has 0 spiro atoms. The lowest BCUT2D eigenvalue weighted by molar-refractivity contribution is 0.0993. The van der Waals surface area contributed by atoms with Crippen LogP contribution in [0.4, 0.5) is 0 Å². The molecule has 0 atom stereocenters. The zero-order chi connectivity index (χ0) is 20.1. The molecule has 1 saturated carbocycles. The van der Waals surface area contributed by atoms with Gasteiger partial charge in [-0.2, -0.15) is 0 Å². The quantitative estimate of drug-likeness (QED) is 0.600. The molecule has 0 amide bonds. The second-order valence-corrected chi connectivity index (χ2v) is 10.4. The number of Topliss-reactive ketones (excluding diaryl/α,β-unsaturated/α-hetero) is 1. The maximum atomic E-state index is 12.5. The average Bonchev–Trinajstić information content (AvgIpc) is 3.16. The van der Waals surface area contributed by atoms with Gasteiger partial charge in [-0.3, -0.25) is 4.79 Å². The van der Waals surface area contributed by atoms with E-state index in [1.54, 1.807) is 38.1 Å². The highest BCUT2D eigenvalue weighted by atomic mass is 32.2. The van der Waals surface area contributed by atoms with Crippen LogP contribution in [0.5, 0.6) is 5.75 Å². The lowest BCUT2D eigenvalue weighted by Crippen LogP contribution is -2.16. The van der Waals surface area contributed by atoms with E-state index in [2.05, 4.69) is 0 Å². The summed E-state index contributed by atoms with van der Waals surface area (Å²) in [5.74, 6) is 0.878. The SMILES string of the molecule is CC(C)S(=O)(=O)Cc1ccc(C(=O)Cc2ccc(OC3CCCC3)cc2)cc1. The molecular formula is C23H28O4S. The van der Waals surface area contributed by atoms with Crippen LogP contribution >= 0.6 is 0 Å². The van der Waals surface area contributed by atoms with E-state index in [0.29, 0.717) is 23.7 Å². The zero-order valence-corrected chi connectivity index (χ0v) is 17.4. The van der Waals surface area contributed by atoms with Crippen LogP contribution in [-0.4, -0.2) is 25.6 Å². The normalized spacial score (nSPS) is 15.1. The summed E-state index contributed by atoms with van der Waals surface area (Å²) in [5, 5.41) is -0.408. The van der Waals surface area contributed by atoms with Gasteiger partial charge in [0.25, 0.3) is 0 Å². The Morgan fingerprint density at radius 3 is 2.11 bits per heavy atom. The van der Waals surface area contributed by atoms with Gasteiger partial charge in [0.05, 0.1) is 17.1 Å². The third-order valence-corrected chi connectivity index (χ3v) is 7.43. The van der Waals surface area contributed by atoms with Crippen molar-refractivity contribution in [2.24, 2.45) is 0 Å². The van der Waals surface area contributed by atoms with Crippen molar-refractivity contribution in [1.29, 1.82) is 0 Å². The number of ether oxygens (including phenoxy) is 1. The molecule has 1 aliphatic rings. The van der Waals surface area contributed by atoms with Gasteiger partial charge in [-0.05, 0) is 62.8 Å². The molecule has 150 valence electrons. The molecule has 0 aromatic heterocycles. The van der Waals surface area contributed by atoms with E-state index >= 15 is 0 Å². The van der Waals surface area contributed by atoms with Gasteiger partial charge < -0.3 is 4.74 Å². The van der Waals surface area contributed by atoms with E-state index in [9.17, 15) is 13.2 Å². The topological polar surface area (TPSA) is 60.4 Å². The largest absolute Gasteiger partial charge is 0.490 e. The molecule has 28 heavy (non-hydrogen) atoms. The average molecular weight is 401 g/mol. The van der Waals surface area contributed by atoms with Crippen molar-refractivity contribution in [2.75, 3.05) is 0 Å². The summed E-state index contributed by atoms with van der Waals surface area (Å²) >= 11 is 0. The minimum Gasteiger partial charge on any atom is -0.490 e. The summed E-state index contributed by atoms with van der Waals surface area (Å²) in [6.45, 7) is 3.36. The van der Waals surface area contributed by atoms with Crippen LogP contribution in [0, 0.1) is 0 Å². The molecule has 0 unspecified atom stereocenters. The molecule has 0 N–H and O–H groups in total. The van der Waals surface area contributed by atoms with Gasteiger partial charge >= 0.3 is 0 Å². The molecule has 0 bridgehead atoms. The summed E-state index contributed by atoms with van der Waals surface area (Å²) in [5.41, 5.74) is 2.24. The van der Waals surface area contributed by atoms with Crippen LogP contribution in [0.25, 0.3) is 0 Å². The van der Waals surface area contributed by atoms with Gasteiger partial charge in [0.15, 0.2) is 15.6 Å². The number of benzene rings is 2. The predicted octanol–water partition coefficient (Wildman–Crippen LogP) is 4.76.